The van der Waals surface area contributed by atoms with Gasteiger partial charge in [0.2, 0.25) is 15.9 Å². The molecule has 2 fully saturated rings. The number of carbonyl (C=O) groups excluding carboxylic acids is 2. The Labute approximate surface area is 331 Å². The molecule has 5 aliphatic rings. The molecule has 13 heteroatoms. The summed E-state index contributed by atoms with van der Waals surface area (Å²) in [5, 5.41) is -0.133. The molecule has 0 unspecified atom stereocenters. The van der Waals surface area contributed by atoms with E-state index in [1.165, 1.54) is 11.1 Å². The molecule has 0 aromatic heterocycles. The molecule has 11 nitrogen and oxygen atoms in total. The molecule has 1 spiro atoms. The molecule has 3 heterocycles. The molecular weight excluding hydrogens is 740 g/mol. The fraction of sp³-hybridized carbons (Fsp3) is 0.619. The number of carbonyl (C=O) groups is 2. The van der Waals surface area contributed by atoms with Crippen LogP contribution in [0.3, 0.4) is 0 Å². The van der Waals surface area contributed by atoms with E-state index in [1.807, 2.05) is 37.1 Å². The zero-order valence-electron chi connectivity index (χ0n) is 32.7. The van der Waals surface area contributed by atoms with E-state index < -0.39 is 26.8 Å². The number of methoxy groups -OCH3 is 1. The van der Waals surface area contributed by atoms with Crippen molar-refractivity contribution < 1.29 is 32.2 Å². The Hall–Kier alpha value is -3.16. The molecule has 2 aliphatic carbocycles. The quantitative estimate of drug-likeness (QED) is 0.381. The third kappa shape index (κ3) is 8.30. The molecule has 2 aromatic carbocycles. The van der Waals surface area contributed by atoms with Crippen molar-refractivity contribution in [3.63, 3.8) is 0 Å². The Balaban J connectivity index is 1.25. The summed E-state index contributed by atoms with van der Waals surface area (Å²) in [4.78, 5) is 34.3. The second-order valence-corrected chi connectivity index (χ2v) is 19.1. The molecule has 3 aliphatic heterocycles. The smallest absolute Gasteiger partial charge is 0.264 e. The van der Waals surface area contributed by atoms with Gasteiger partial charge in [0.25, 0.3) is 5.91 Å². The highest BCUT2D eigenvalue weighted by molar-refractivity contribution is 7.90. The van der Waals surface area contributed by atoms with Gasteiger partial charge in [0.15, 0.2) is 0 Å². The van der Waals surface area contributed by atoms with Crippen molar-refractivity contribution in [1.29, 1.82) is 0 Å². The maximum absolute atomic E-state index is 14.1. The lowest BCUT2D eigenvalue weighted by Gasteiger charge is -2.50. The Kier molecular flexibility index (Phi) is 11.9. The second kappa shape index (κ2) is 16.4. The minimum Gasteiger partial charge on any atom is -0.490 e. The number of halogens is 1. The molecule has 55 heavy (non-hydrogen) atoms. The number of fused-ring (bicyclic) bond motifs is 4. The Morgan fingerprint density at radius 3 is 2.67 bits per heavy atom. The fourth-order valence-corrected chi connectivity index (χ4v) is 10.9. The van der Waals surface area contributed by atoms with Crippen LogP contribution >= 0.6 is 11.6 Å². The van der Waals surface area contributed by atoms with Crippen LogP contribution in [-0.4, -0.2) is 114 Å². The predicted molar refractivity (Wildman–Crippen MR) is 214 cm³/mol. The van der Waals surface area contributed by atoms with E-state index in [4.69, 9.17) is 25.8 Å². The average Bonchev–Trinajstić information content (AvgIpc) is 3.31. The highest BCUT2D eigenvalue weighted by Gasteiger charge is 2.50. The summed E-state index contributed by atoms with van der Waals surface area (Å²) >= 11 is 6.49. The van der Waals surface area contributed by atoms with Crippen LogP contribution < -0.4 is 14.4 Å². The summed E-state index contributed by atoms with van der Waals surface area (Å²) in [5.41, 5.74) is 2.28. The predicted octanol–water partition coefficient (Wildman–Crippen LogP) is 5.45. The van der Waals surface area contributed by atoms with Gasteiger partial charge in [-0.25, -0.2) is 13.1 Å². The third-order valence-corrected chi connectivity index (χ3v) is 15.5. The van der Waals surface area contributed by atoms with E-state index in [0.717, 1.165) is 62.4 Å². The van der Waals surface area contributed by atoms with Crippen LogP contribution in [0.5, 0.6) is 5.75 Å². The lowest BCUT2D eigenvalue weighted by molar-refractivity contribution is -0.141. The Bertz CT molecular complexity index is 1890. The first-order chi connectivity index (χ1) is 26.3. The van der Waals surface area contributed by atoms with E-state index in [9.17, 15) is 18.0 Å². The van der Waals surface area contributed by atoms with E-state index in [1.54, 1.807) is 32.2 Å². The van der Waals surface area contributed by atoms with Crippen molar-refractivity contribution in [2.24, 2.45) is 17.8 Å². The molecule has 1 N–H and O–H groups in total. The van der Waals surface area contributed by atoms with Gasteiger partial charge in [-0.1, -0.05) is 36.7 Å². The second-order valence-electron chi connectivity index (χ2n) is 16.6. The molecule has 7 rings (SSSR count). The molecule has 0 radical (unpaired) electrons. The van der Waals surface area contributed by atoms with Crippen molar-refractivity contribution >= 4 is 39.1 Å². The number of anilines is 1. The van der Waals surface area contributed by atoms with Gasteiger partial charge in [0, 0.05) is 69.4 Å². The molecule has 300 valence electrons. The van der Waals surface area contributed by atoms with E-state index in [0.29, 0.717) is 51.6 Å². The van der Waals surface area contributed by atoms with Gasteiger partial charge in [-0.2, -0.15) is 0 Å². The number of hydrogen-bond donors (Lipinski definition) is 1. The minimum atomic E-state index is -4.02. The summed E-state index contributed by atoms with van der Waals surface area (Å²) in [6, 6.07) is 11.4. The van der Waals surface area contributed by atoms with Crippen LogP contribution in [0.4, 0.5) is 5.69 Å². The first-order valence-electron chi connectivity index (χ1n) is 20.0. The molecule has 1 saturated carbocycles. The van der Waals surface area contributed by atoms with Crippen LogP contribution in [0.1, 0.15) is 73.9 Å². The van der Waals surface area contributed by atoms with Crippen LogP contribution in [-0.2, 0) is 36.1 Å². The van der Waals surface area contributed by atoms with Gasteiger partial charge in [-0.3, -0.25) is 14.5 Å². The summed E-state index contributed by atoms with van der Waals surface area (Å²) in [7, 11) is -0.451. The number of nitrogens with one attached hydrogen (secondary N) is 1. The van der Waals surface area contributed by atoms with Gasteiger partial charge in [0.1, 0.15) is 5.75 Å². The van der Waals surface area contributed by atoms with Gasteiger partial charge in [0.05, 0.1) is 42.8 Å². The lowest BCUT2D eigenvalue weighted by atomic mass is 9.62. The number of nitrogens with zero attached hydrogens (tertiary/aromatic N) is 3. The zero-order chi connectivity index (χ0) is 39.0. The Morgan fingerprint density at radius 1 is 1.13 bits per heavy atom. The highest BCUT2D eigenvalue weighted by atomic mass is 35.5. The van der Waals surface area contributed by atoms with E-state index in [2.05, 4.69) is 26.7 Å². The fourth-order valence-electron chi connectivity index (χ4n) is 9.45. The minimum absolute atomic E-state index is 0.0149. The lowest BCUT2D eigenvalue weighted by Crippen LogP contribution is -2.54. The summed E-state index contributed by atoms with van der Waals surface area (Å²) in [6.07, 6.45) is 9.37. The van der Waals surface area contributed by atoms with E-state index in [-0.39, 0.29) is 41.1 Å². The maximum atomic E-state index is 14.1. The number of benzene rings is 2. The monoisotopic (exact) mass is 796 g/mol. The summed E-state index contributed by atoms with van der Waals surface area (Å²) in [5.74, 6) is -0.0882. The van der Waals surface area contributed by atoms with E-state index >= 15 is 0 Å². The van der Waals surface area contributed by atoms with Crippen molar-refractivity contribution in [2.45, 2.75) is 75.1 Å². The number of aryl methyl sites for hydroxylation is 1. The van der Waals surface area contributed by atoms with Crippen molar-refractivity contribution in [3.8, 4) is 5.75 Å². The van der Waals surface area contributed by atoms with Crippen LogP contribution in [0, 0.1) is 17.8 Å². The Morgan fingerprint density at radius 2 is 1.93 bits per heavy atom. The molecule has 1 saturated heterocycles. The van der Waals surface area contributed by atoms with Crippen LogP contribution in [0.15, 0.2) is 48.6 Å². The van der Waals surface area contributed by atoms with Crippen LogP contribution in [0.25, 0.3) is 0 Å². The molecule has 2 aromatic rings. The maximum Gasteiger partial charge on any atom is 0.264 e. The summed E-state index contributed by atoms with van der Waals surface area (Å²) in [6.45, 7) is 9.80. The number of ether oxygens (including phenoxy) is 3. The number of sulfonamides is 1. The van der Waals surface area contributed by atoms with Crippen molar-refractivity contribution in [1.82, 2.24) is 14.5 Å². The average molecular weight is 797 g/mol. The third-order valence-electron chi connectivity index (χ3n) is 13.3. The van der Waals surface area contributed by atoms with Crippen molar-refractivity contribution in [2.75, 3.05) is 78.1 Å². The number of likely N-dealkylation sites (N-methyl/N-ethyl adjacent to an activating group) is 1. The normalized spacial score (nSPS) is 31.5. The molecular formula is C42H57ClN4O7S. The standard InChI is InChI=1S/C42H57ClN4O7S/c1-29-7-5-16-42(52-4,25-39(48)45(3)17-18-46-19-21-53-22-20-46)36-12-9-33(36)26-47-27-41(15-6-8-31-23-34(43)11-13-35(31)41)28-54-38-14-10-32(24-37(38)47)40(49)44-55(50,51)30(29)2/h5,10-11,13-14,16,23-24,29-30,33,36H,6-9,12,15,17-22,25-28H2,1-4H3,(H,44,49)/b16-5+/t29-,30+,33-,36+,41-,42+/m0/s1. The largest absolute Gasteiger partial charge is 0.490 e. The molecule has 2 amide bonds. The SMILES string of the molecule is CO[C@@]1(CC(=O)N(C)CCN2CCOCC2)/C=C/C[C@H](C)[C@@H](C)S(=O)(=O)NC(=O)c2ccc3c(c2)N(C[C@@H]2CC[C@H]21)C[C@@]1(CCCc2cc(Cl)ccc21)CO3. The number of rotatable bonds is 6. The number of morpholine rings is 1. The zero-order valence-corrected chi connectivity index (χ0v) is 34.3. The van der Waals surface area contributed by atoms with Gasteiger partial charge in [-0.15, -0.1) is 0 Å². The van der Waals surface area contributed by atoms with Gasteiger partial charge in [-0.05, 0) is 105 Å². The first kappa shape index (κ1) is 40.1. The number of allylic oxidation sites excluding steroid dienone is 1. The molecule has 2 bridgehead atoms. The first-order valence-corrected chi connectivity index (χ1v) is 21.9. The molecule has 6 atom stereocenters. The topological polar surface area (TPSA) is 118 Å². The highest BCUT2D eigenvalue weighted by Crippen LogP contribution is 2.50. The van der Waals surface area contributed by atoms with Crippen molar-refractivity contribution in [3.05, 3.63) is 70.3 Å². The number of amides is 2. The number of hydrogen-bond acceptors (Lipinski definition) is 9. The van der Waals surface area contributed by atoms with Gasteiger partial charge >= 0.3 is 0 Å². The van der Waals surface area contributed by atoms with Crippen LogP contribution in [0.2, 0.25) is 5.02 Å². The summed E-state index contributed by atoms with van der Waals surface area (Å²) < 4.78 is 48.3. The van der Waals surface area contributed by atoms with Gasteiger partial charge < -0.3 is 24.0 Å².